The maximum absolute atomic E-state index is 4.50. The van der Waals surface area contributed by atoms with Crippen LogP contribution in [0.1, 0.15) is 42.8 Å². The van der Waals surface area contributed by atoms with E-state index in [0.29, 0.717) is 0 Å². The van der Waals surface area contributed by atoms with E-state index in [-0.39, 0.29) is 0 Å². The molecule has 1 saturated heterocycles. The summed E-state index contributed by atoms with van der Waals surface area (Å²) in [6.45, 7) is 7.62. The minimum absolute atomic E-state index is 0.923. The fraction of sp³-hybridized carbons (Fsp3) is 0.765. The highest BCUT2D eigenvalue weighted by Gasteiger charge is 2.09. The maximum Gasteiger partial charge on any atom is 0.191 e. The molecule has 130 valence electrons. The van der Waals surface area contributed by atoms with Crippen LogP contribution in [0.3, 0.4) is 0 Å². The van der Waals surface area contributed by atoms with E-state index in [1.807, 2.05) is 7.05 Å². The highest BCUT2D eigenvalue weighted by atomic mass is 32.1. The van der Waals surface area contributed by atoms with Crippen LogP contribution in [0.15, 0.2) is 10.4 Å². The second-order valence-corrected chi connectivity index (χ2v) is 7.11. The summed E-state index contributed by atoms with van der Waals surface area (Å²) in [4.78, 5) is 11.3. The number of nitrogens with one attached hydrogen (secondary N) is 2. The van der Waals surface area contributed by atoms with E-state index in [0.717, 1.165) is 44.1 Å². The number of thiazole rings is 1. The number of likely N-dealkylation sites (tertiary alicyclic amines) is 1. The molecule has 2 heterocycles. The van der Waals surface area contributed by atoms with Crippen LogP contribution in [0.5, 0.6) is 0 Å². The summed E-state index contributed by atoms with van der Waals surface area (Å²) in [5, 5.41) is 10.2. The molecule has 6 heteroatoms. The van der Waals surface area contributed by atoms with Crippen molar-refractivity contribution >= 4 is 17.3 Å². The number of nitrogens with zero attached hydrogens (tertiary/aromatic N) is 3. The van der Waals surface area contributed by atoms with Crippen molar-refractivity contribution in [3.05, 3.63) is 16.1 Å². The van der Waals surface area contributed by atoms with E-state index in [9.17, 15) is 0 Å². The lowest BCUT2D eigenvalue weighted by molar-refractivity contribution is 0.232. The van der Waals surface area contributed by atoms with Gasteiger partial charge in [0, 0.05) is 37.8 Å². The quantitative estimate of drug-likeness (QED) is 0.435. The summed E-state index contributed by atoms with van der Waals surface area (Å²) in [7, 11) is 1.84. The molecule has 0 bridgehead atoms. The molecule has 0 aromatic carbocycles. The van der Waals surface area contributed by atoms with Crippen LogP contribution in [0.2, 0.25) is 0 Å². The number of aryl methyl sites for hydroxylation is 2. The van der Waals surface area contributed by atoms with Gasteiger partial charge in [-0.2, -0.15) is 0 Å². The van der Waals surface area contributed by atoms with Gasteiger partial charge in [0.1, 0.15) is 0 Å². The average Bonchev–Trinajstić information content (AvgIpc) is 2.99. The van der Waals surface area contributed by atoms with Gasteiger partial charge in [0.2, 0.25) is 0 Å². The van der Waals surface area contributed by atoms with Crippen molar-refractivity contribution in [2.45, 2.75) is 45.4 Å². The molecular weight excluding hydrogens is 306 g/mol. The molecular formula is C17H31N5S. The zero-order chi connectivity index (χ0) is 16.3. The SMILES string of the molecule is CN=C(NCCCCc1nc(C)cs1)NCCN1CCCCC1. The van der Waals surface area contributed by atoms with Crippen LogP contribution in [0.4, 0.5) is 0 Å². The lowest BCUT2D eigenvalue weighted by Gasteiger charge is -2.26. The first kappa shape index (κ1) is 18.2. The van der Waals surface area contributed by atoms with Crippen molar-refractivity contribution in [3.63, 3.8) is 0 Å². The lowest BCUT2D eigenvalue weighted by atomic mass is 10.1. The zero-order valence-corrected chi connectivity index (χ0v) is 15.4. The van der Waals surface area contributed by atoms with Crippen LogP contribution < -0.4 is 10.6 Å². The van der Waals surface area contributed by atoms with E-state index < -0.39 is 0 Å². The Bertz CT molecular complexity index is 465. The molecule has 1 aliphatic heterocycles. The van der Waals surface area contributed by atoms with Crippen LogP contribution in [0.25, 0.3) is 0 Å². The van der Waals surface area contributed by atoms with Gasteiger partial charge in [0.15, 0.2) is 5.96 Å². The average molecular weight is 338 g/mol. The molecule has 0 atom stereocenters. The first-order valence-corrected chi connectivity index (χ1v) is 9.74. The summed E-state index contributed by atoms with van der Waals surface area (Å²) >= 11 is 1.77. The van der Waals surface area contributed by atoms with E-state index in [1.165, 1.54) is 43.8 Å². The maximum atomic E-state index is 4.50. The molecule has 0 unspecified atom stereocenters. The molecule has 2 rings (SSSR count). The normalized spacial score (nSPS) is 16.5. The van der Waals surface area contributed by atoms with Crippen molar-refractivity contribution < 1.29 is 0 Å². The van der Waals surface area contributed by atoms with Gasteiger partial charge >= 0.3 is 0 Å². The third-order valence-corrected chi connectivity index (χ3v) is 5.20. The van der Waals surface area contributed by atoms with E-state index in [2.05, 4.69) is 37.8 Å². The second-order valence-electron chi connectivity index (χ2n) is 6.17. The van der Waals surface area contributed by atoms with Gasteiger partial charge in [-0.05, 0) is 52.1 Å². The predicted molar refractivity (Wildman–Crippen MR) is 99.4 cm³/mol. The number of aromatic nitrogens is 1. The Morgan fingerprint density at radius 2 is 2.00 bits per heavy atom. The minimum atomic E-state index is 0.923. The smallest absolute Gasteiger partial charge is 0.191 e. The molecule has 0 radical (unpaired) electrons. The van der Waals surface area contributed by atoms with Gasteiger partial charge in [0.25, 0.3) is 0 Å². The fourth-order valence-electron chi connectivity index (χ4n) is 2.86. The molecule has 1 aromatic rings. The first-order chi connectivity index (χ1) is 11.3. The summed E-state index contributed by atoms with van der Waals surface area (Å²) in [5.74, 6) is 0.923. The third-order valence-electron chi connectivity index (χ3n) is 4.17. The molecule has 0 amide bonds. The first-order valence-electron chi connectivity index (χ1n) is 8.86. The van der Waals surface area contributed by atoms with Gasteiger partial charge in [-0.1, -0.05) is 6.42 Å². The Kier molecular flexibility index (Phi) is 8.39. The predicted octanol–water partition coefficient (Wildman–Crippen LogP) is 2.43. The number of aliphatic imine (C=N–C) groups is 1. The van der Waals surface area contributed by atoms with Crippen LogP contribution in [-0.2, 0) is 6.42 Å². The summed E-state index contributed by atoms with van der Waals surface area (Å²) in [5.41, 5.74) is 1.14. The molecule has 0 saturated carbocycles. The van der Waals surface area contributed by atoms with E-state index in [1.54, 1.807) is 11.3 Å². The van der Waals surface area contributed by atoms with E-state index >= 15 is 0 Å². The summed E-state index contributed by atoms with van der Waals surface area (Å²) in [6.07, 6.45) is 7.50. The van der Waals surface area contributed by atoms with Crippen LogP contribution >= 0.6 is 11.3 Å². The Morgan fingerprint density at radius 1 is 1.22 bits per heavy atom. The van der Waals surface area contributed by atoms with Crippen molar-refractivity contribution in [1.29, 1.82) is 0 Å². The highest BCUT2D eigenvalue weighted by Crippen LogP contribution is 2.11. The highest BCUT2D eigenvalue weighted by molar-refractivity contribution is 7.09. The standard InChI is InChI=1S/C17H31N5S/c1-15-14-23-16(21-15)8-4-5-9-19-17(18-2)20-10-13-22-11-6-3-7-12-22/h14H,3-13H2,1-2H3,(H2,18,19,20). The molecule has 23 heavy (non-hydrogen) atoms. The van der Waals surface area contributed by atoms with Gasteiger partial charge in [-0.25, -0.2) is 4.98 Å². The summed E-state index contributed by atoms with van der Waals surface area (Å²) in [6, 6.07) is 0. The molecule has 5 nitrogen and oxygen atoms in total. The number of unbranched alkanes of at least 4 members (excludes halogenated alkanes) is 1. The lowest BCUT2D eigenvalue weighted by Crippen LogP contribution is -2.42. The van der Waals surface area contributed by atoms with Crippen molar-refractivity contribution in [2.24, 2.45) is 4.99 Å². The Hall–Kier alpha value is -1.14. The molecule has 1 aliphatic rings. The number of hydrogen-bond donors (Lipinski definition) is 2. The number of hydrogen-bond acceptors (Lipinski definition) is 4. The number of rotatable bonds is 8. The third kappa shape index (κ3) is 7.31. The van der Waals surface area contributed by atoms with Gasteiger partial charge < -0.3 is 15.5 Å². The van der Waals surface area contributed by atoms with Crippen LogP contribution in [-0.4, -0.2) is 55.6 Å². The van der Waals surface area contributed by atoms with Crippen LogP contribution in [0, 0.1) is 6.92 Å². The van der Waals surface area contributed by atoms with E-state index in [4.69, 9.17) is 0 Å². The topological polar surface area (TPSA) is 52.6 Å². The van der Waals surface area contributed by atoms with Gasteiger partial charge in [0.05, 0.1) is 5.01 Å². The molecule has 0 aliphatic carbocycles. The fourth-order valence-corrected chi connectivity index (χ4v) is 3.68. The van der Waals surface area contributed by atoms with Gasteiger partial charge in [-0.3, -0.25) is 4.99 Å². The van der Waals surface area contributed by atoms with Crippen molar-refractivity contribution in [3.8, 4) is 0 Å². The number of piperidine rings is 1. The molecule has 1 fully saturated rings. The minimum Gasteiger partial charge on any atom is -0.356 e. The molecule has 0 spiro atoms. The second kappa shape index (κ2) is 10.6. The summed E-state index contributed by atoms with van der Waals surface area (Å²) < 4.78 is 0. The molecule has 2 N–H and O–H groups in total. The Balaban J connectivity index is 1.50. The van der Waals surface area contributed by atoms with Crippen molar-refractivity contribution in [2.75, 3.05) is 39.8 Å². The Morgan fingerprint density at radius 3 is 2.70 bits per heavy atom. The Labute approximate surface area is 144 Å². The number of guanidine groups is 1. The molecule has 1 aromatic heterocycles. The van der Waals surface area contributed by atoms with Crippen molar-refractivity contribution in [1.82, 2.24) is 20.5 Å². The zero-order valence-electron chi connectivity index (χ0n) is 14.6. The van der Waals surface area contributed by atoms with Gasteiger partial charge in [-0.15, -0.1) is 11.3 Å². The largest absolute Gasteiger partial charge is 0.356 e. The monoisotopic (exact) mass is 337 g/mol.